The molecule has 1 aromatic carbocycles. The monoisotopic (exact) mass is 474 g/mol. The molecule has 2 aromatic heterocycles. The van der Waals surface area contributed by atoms with E-state index < -0.39 is 0 Å². The van der Waals surface area contributed by atoms with Crippen LogP contribution < -0.4 is 20.4 Å². The number of fused-ring (bicyclic) bond motifs is 3. The van der Waals surface area contributed by atoms with Crippen molar-refractivity contribution in [1.82, 2.24) is 19.9 Å². The molecule has 3 aromatic rings. The lowest BCUT2D eigenvalue weighted by Gasteiger charge is -2.39. The number of aryl methyl sites for hydroxylation is 1. The number of piperidine rings is 1. The van der Waals surface area contributed by atoms with Gasteiger partial charge in [-0.15, -0.1) is 0 Å². The summed E-state index contributed by atoms with van der Waals surface area (Å²) in [6.45, 7) is 6.91. The average molecular weight is 475 g/mol. The highest BCUT2D eigenvalue weighted by atomic mass is 19.1. The molecular weight excluding hydrogens is 443 g/mol. The third kappa shape index (κ3) is 3.92. The minimum atomic E-state index is -0.235. The number of anilines is 5. The molecule has 2 aliphatic heterocycles. The summed E-state index contributed by atoms with van der Waals surface area (Å²) >= 11 is 0. The Balaban J connectivity index is 1.27. The summed E-state index contributed by atoms with van der Waals surface area (Å²) in [5.74, 6) is 4.47. The Hall–Kier alpha value is -3.49. The van der Waals surface area contributed by atoms with Crippen LogP contribution in [0.4, 0.5) is 33.5 Å². The molecule has 1 unspecified atom stereocenters. The summed E-state index contributed by atoms with van der Waals surface area (Å²) in [5.41, 5.74) is 3.05. The van der Waals surface area contributed by atoms with Crippen LogP contribution in [0.5, 0.6) is 0 Å². The maximum Gasteiger partial charge on any atom is 0.226 e. The van der Waals surface area contributed by atoms with Gasteiger partial charge < -0.3 is 20.4 Å². The molecule has 0 spiro atoms. The second-order valence-corrected chi connectivity index (χ2v) is 10.1. The summed E-state index contributed by atoms with van der Waals surface area (Å²) in [7, 11) is 1.91. The molecular formula is C26H31FN8. The van der Waals surface area contributed by atoms with Crippen molar-refractivity contribution in [1.29, 1.82) is 0 Å². The lowest BCUT2D eigenvalue weighted by molar-refractivity contribution is 0.375. The average Bonchev–Trinajstić information content (AvgIpc) is 3.29. The van der Waals surface area contributed by atoms with Gasteiger partial charge in [0.2, 0.25) is 5.95 Å². The van der Waals surface area contributed by atoms with Crippen molar-refractivity contribution in [3.63, 3.8) is 0 Å². The zero-order valence-electron chi connectivity index (χ0n) is 20.4. The Morgan fingerprint density at radius 1 is 1.00 bits per heavy atom. The quantitative estimate of drug-likeness (QED) is 0.565. The molecule has 35 heavy (non-hydrogen) atoms. The highest BCUT2D eigenvalue weighted by Crippen LogP contribution is 2.44. The molecule has 1 aliphatic carbocycles. The molecule has 182 valence electrons. The van der Waals surface area contributed by atoms with Crippen LogP contribution in [0.25, 0.3) is 0 Å². The topological polar surface area (TPSA) is 82.1 Å². The molecule has 2 bridgehead atoms. The standard InChI is InChI=1S/C26H31FN8/c1-15-11-35(20-8-6-19(27)7-9-20)25-22(15)24(28-3)32-26(33-25)31-23-17-4-5-18(23)13-34(12-17)21-10-16(2)29-14-30-21/h6-10,14-15,17-18,23H,4-5,11-13H2,1-3H3,(H2,28,31,32,33)/t15-,17-,18+,23?/m0/s1. The number of nitrogens with one attached hydrogen (secondary N) is 2. The first-order valence-electron chi connectivity index (χ1n) is 12.4. The molecule has 9 heteroatoms. The highest BCUT2D eigenvalue weighted by Gasteiger charge is 2.43. The van der Waals surface area contributed by atoms with Gasteiger partial charge in [-0.2, -0.15) is 9.97 Å². The molecule has 2 fully saturated rings. The molecule has 8 nitrogen and oxygen atoms in total. The first kappa shape index (κ1) is 22.0. The van der Waals surface area contributed by atoms with Crippen molar-refractivity contribution in [3.05, 3.63) is 53.7 Å². The zero-order chi connectivity index (χ0) is 24.1. The van der Waals surface area contributed by atoms with E-state index in [-0.39, 0.29) is 11.7 Å². The van der Waals surface area contributed by atoms with Crippen LogP contribution in [-0.4, -0.2) is 52.7 Å². The first-order chi connectivity index (χ1) is 17.0. The number of rotatable bonds is 5. The van der Waals surface area contributed by atoms with Gasteiger partial charge in [-0.25, -0.2) is 14.4 Å². The summed E-state index contributed by atoms with van der Waals surface area (Å²) in [6, 6.07) is 9.03. The number of aromatic nitrogens is 4. The number of halogens is 1. The van der Waals surface area contributed by atoms with Crippen LogP contribution in [0.2, 0.25) is 0 Å². The third-order valence-electron chi connectivity index (χ3n) is 7.75. The Morgan fingerprint density at radius 3 is 2.43 bits per heavy atom. The van der Waals surface area contributed by atoms with Gasteiger partial charge in [0.25, 0.3) is 0 Å². The maximum atomic E-state index is 13.5. The van der Waals surface area contributed by atoms with Crippen LogP contribution in [-0.2, 0) is 0 Å². The van der Waals surface area contributed by atoms with Crippen molar-refractivity contribution in [2.24, 2.45) is 11.8 Å². The lowest BCUT2D eigenvalue weighted by Crippen LogP contribution is -2.48. The van der Waals surface area contributed by atoms with Crippen molar-refractivity contribution in [3.8, 4) is 0 Å². The van der Waals surface area contributed by atoms with Gasteiger partial charge in [0.05, 0.1) is 0 Å². The molecule has 6 rings (SSSR count). The van der Waals surface area contributed by atoms with E-state index in [4.69, 9.17) is 9.97 Å². The Morgan fingerprint density at radius 2 is 1.74 bits per heavy atom. The predicted molar refractivity (Wildman–Crippen MR) is 136 cm³/mol. The fraction of sp³-hybridized carbons (Fsp3) is 0.462. The second kappa shape index (κ2) is 8.62. The van der Waals surface area contributed by atoms with Crippen LogP contribution in [0.3, 0.4) is 0 Å². The van der Waals surface area contributed by atoms with Crippen LogP contribution in [0, 0.1) is 24.6 Å². The lowest BCUT2D eigenvalue weighted by atomic mass is 9.92. The van der Waals surface area contributed by atoms with Crippen LogP contribution in [0.15, 0.2) is 36.7 Å². The van der Waals surface area contributed by atoms with E-state index in [1.807, 2.05) is 26.1 Å². The molecule has 4 atom stereocenters. The zero-order valence-corrected chi connectivity index (χ0v) is 20.4. The molecule has 2 N–H and O–H groups in total. The molecule has 1 saturated heterocycles. The summed E-state index contributed by atoms with van der Waals surface area (Å²) in [6.07, 6.45) is 4.03. The summed E-state index contributed by atoms with van der Waals surface area (Å²) < 4.78 is 13.5. The number of nitrogens with zero attached hydrogens (tertiary/aromatic N) is 6. The van der Waals surface area contributed by atoms with Crippen LogP contribution >= 0.6 is 0 Å². The van der Waals surface area contributed by atoms with Crippen molar-refractivity contribution in [2.45, 2.75) is 38.6 Å². The first-order valence-corrected chi connectivity index (χ1v) is 12.4. The summed E-state index contributed by atoms with van der Waals surface area (Å²) in [5, 5.41) is 7.01. The maximum absolute atomic E-state index is 13.5. The van der Waals surface area contributed by atoms with E-state index in [2.05, 4.69) is 43.4 Å². The van der Waals surface area contributed by atoms with E-state index in [9.17, 15) is 4.39 Å². The Bertz CT molecular complexity index is 1220. The van der Waals surface area contributed by atoms with Crippen LogP contribution in [0.1, 0.15) is 36.9 Å². The molecule has 4 heterocycles. The van der Waals surface area contributed by atoms with Gasteiger partial charge in [-0.3, -0.25) is 0 Å². The molecule has 3 aliphatic rings. The second-order valence-electron chi connectivity index (χ2n) is 10.1. The van der Waals surface area contributed by atoms with E-state index in [0.717, 1.165) is 54.0 Å². The van der Waals surface area contributed by atoms with Gasteiger partial charge >= 0.3 is 0 Å². The smallest absolute Gasteiger partial charge is 0.226 e. The Kier molecular flexibility index (Phi) is 5.42. The van der Waals surface area contributed by atoms with Gasteiger partial charge in [0, 0.05) is 61.7 Å². The summed E-state index contributed by atoms with van der Waals surface area (Å²) in [4.78, 5) is 23.2. The van der Waals surface area contributed by atoms with Crippen molar-refractivity contribution in [2.75, 3.05) is 47.1 Å². The number of benzene rings is 1. The number of hydrogen-bond acceptors (Lipinski definition) is 8. The van der Waals surface area contributed by atoms with E-state index >= 15 is 0 Å². The van der Waals surface area contributed by atoms with Crippen molar-refractivity contribution >= 4 is 29.1 Å². The molecule has 0 radical (unpaired) electrons. The normalized spacial score (nSPS) is 25.0. The van der Waals surface area contributed by atoms with Gasteiger partial charge in [-0.05, 0) is 55.9 Å². The van der Waals surface area contributed by atoms with E-state index in [0.29, 0.717) is 23.8 Å². The fourth-order valence-electron chi connectivity index (χ4n) is 6.08. The largest absolute Gasteiger partial charge is 0.373 e. The molecule has 1 saturated carbocycles. The Labute approximate surface area is 205 Å². The number of hydrogen-bond donors (Lipinski definition) is 2. The minimum absolute atomic E-state index is 0.235. The molecule has 0 amide bonds. The highest BCUT2D eigenvalue weighted by molar-refractivity contribution is 5.74. The van der Waals surface area contributed by atoms with Gasteiger partial charge in [0.1, 0.15) is 29.6 Å². The predicted octanol–water partition coefficient (Wildman–Crippen LogP) is 4.34. The third-order valence-corrected chi connectivity index (χ3v) is 7.75. The van der Waals surface area contributed by atoms with Gasteiger partial charge in [-0.1, -0.05) is 6.92 Å². The minimum Gasteiger partial charge on any atom is -0.373 e. The fourth-order valence-corrected chi connectivity index (χ4v) is 6.08. The van der Waals surface area contributed by atoms with Gasteiger partial charge in [0.15, 0.2) is 0 Å². The van der Waals surface area contributed by atoms with E-state index in [1.54, 1.807) is 6.33 Å². The SMILES string of the molecule is CNc1nc(NC2[C@@H]3CC[C@H]2CN(c2cc(C)ncn2)C3)nc2c1[C@@H](C)CN2c1ccc(F)cc1. The van der Waals surface area contributed by atoms with E-state index in [1.165, 1.54) is 25.0 Å². The van der Waals surface area contributed by atoms with Crippen molar-refractivity contribution < 1.29 is 4.39 Å².